The van der Waals surface area contributed by atoms with Gasteiger partial charge in [0.25, 0.3) is 0 Å². The van der Waals surface area contributed by atoms with Crippen molar-refractivity contribution in [1.82, 2.24) is 0 Å². The van der Waals surface area contributed by atoms with E-state index in [-0.39, 0.29) is 11.2 Å². The molecule has 1 amide bonds. The van der Waals surface area contributed by atoms with Gasteiger partial charge in [-0.15, -0.1) is 11.8 Å². The monoisotopic (exact) mass is 347 g/mol. The Kier molecular flexibility index (Phi) is 4.26. The SMILES string of the molecule is Cc1ccc(S[C@@H](C)C(=O)Nc2ccc3c4c(cccc24)CC3)cc1. The van der Waals surface area contributed by atoms with E-state index in [2.05, 4.69) is 60.8 Å². The molecule has 3 aromatic carbocycles. The molecule has 0 aromatic heterocycles. The third kappa shape index (κ3) is 3.16. The van der Waals surface area contributed by atoms with Crippen LogP contribution in [0.15, 0.2) is 59.5 Å². The lowest BCUT2D eigenvalue weighted by atomic mass is 10.0. The number of thioether (sulfide) groups is 1. The standard InChI is InChI=1S/C22H21NOS/c1-14-6-11-18(12-7-14)25-15(2)22(24)23-20-13-10-17-9-8-16-4-3-5-19(20)21(16)17/h3-7,10-13,15H,8-9H2,1-2H3,(H,23,24)/t15-/m0/s1. The Balaban J connectivity index is 1.55. The van der Waals surface area contributed by atoms with Gasteiger partial charge in [-0.05, 0) is 61.4 Å². The summed E-state index contributed by atoms with van der Waals surface area (Å²) in [6, 6.07) is 18.9. The Morgan fingerprint density at radius 1 is 1.00 bits per heavy atom. The highest BCUT2D eigenvalue weighted by molar-refractivity contribution is 8.00. The van der Waals surface area contributed by atoms with E-state index in [0.29, 0.717) is 0 Å². The fourth-order valence-corrected chi connectivity index (χ4v) is 4.33. The second kappa shape index (κ2) is 6.57. The van der Waals surface area contributed by atoms with Crippen molar-refractivity contribution in [2.24, 2.45) is 0 Å². The molecular formula is C22H21NOS. The van der Waals surface area contributed by atoms with Crippen LogP contribution in [-0.4, -0.2) is 11.2 Å². The Hall–Kier alpha value is -2.26. The Morgan fingerprint density at radius 2 is 1.72 bits per heavy atom. The van der Waals surface area contributed by atoms with Crippen molar-refractivity contribution in [3.8, 4) is 0 Å². The Morgan fingerprint density at radius 3 is 2.48 bits per heavy atom. The molecule has 1 N–H and O–H groups in total. The van der Waals surface area contributed by atoms with Gasteiger partial charge in [0.05, 0.1) is 5.25 Å². The van der Waals surface area contributed by atoms with E-state index in [1.54, 1.807) is 11.8 Å². The first-order valence-corrected chi connectivity index (χ1v) is 9.57. The van der Waals surface area contributed by atoms with Crippen LogP contribution in [-0.2, 0) is 17.6 Å². The summed E-state index contributed by atoms with van der Waals surface area (Å²) in [4.78, 5) is 13.8. The van der Waals surface area contributed by atoms with Crippen molar-refractivity contribution in [3.05, 3.63) is 71.3 Å². The van der Waals surface area contributed by atoms with Gasteiger partial charge < -0.3 is 5.32 Å². The fraction of sp³-hybridized carbons (Fsp3) is 0.227. The summed E-state index contributed by atoms with van der Waals surface area (Å²) < 4.78 is 0. The molecule has 0 heterocycles. The van der Waals surface area contributed by atoms with E-state index >= 15 is 0 Å². The van der Waals surface area contributed by atoms with E-state index in [1.807, 2.05) is 13.0 Å². The molecule has 3 aromatic rings. The predicted molar refractivity (Wildman–Crippen MR) is 106 cm³/mol. The molecule has 3 heteroatoms. The highest BCUT2D eigenvalue weighted by atomic mass is 32.2. The number of amides is 1. The topological polar surface area (TPSA) is 29.1 Å². The van der Waals surface area contributed by atoms with Gasteiger partial charge in [-0.2, -0.15) is 0 Å². The zero-order valence-corrected chi connectivity index (χ0v) is 15.3. The summed E-state index contributed by atoms with van der Waals surface area (Å²) in [5.41, 5.74) is 4.94. The molecular weight excluding hydrogens is 326 g/mol. The summed E-state index contributed by atoms with van der Waals surface area (Å²) in [6.45, 7) is 4.03. The fourth-order valence-electron chi connectivity index (χ4n) is 3.46. The van der Waals surface area contributed by atoms with Crippen LogP contribution < -0.4 is 5.32 Å². The average molecular weight is 347 g/mol. The maximum atomic E-state index is 12.7. The third-order valence-corrected chi connectivity index (χ3v) is 5.95. The van der Waals surface area contributed by atoms with Gasteiger partial charge in [-0.1, -0.05) is 42.0 Å². The quantitative estimate of drug-likeness (QED) is 0.643. The third-order valence-electron chi connectivity index (χ3n) is 4.84. The van der Waals surface area contributed by atoms with Gasteiger partial charge in [0, 0.05) is 16.0 Å². The van der Waals surface area contributed by atoms with E-state index in [9.17, 15) is 4.79 Å². The lowest BCUT2D eigenvalue weighted by molar-refractivity contribution is -0.115. The molecule has 0 aliphatic heterocycles. The van der Waals surface area contributed by atoms with Crippen LogP contribution in [0.5, 0.6) is 0 Å². The number of hydrogen-bond donors (Lipinski definition) is 1. The molecule has 4 rings (SSSR count). The van der Waals surface area contributed by atoms with E-state index in [0.717, 1.165) is 28.8 Å². The number of aryl methyl sites for hydroxylation is 3. The number of nitrogens with one attached hydrogen (secondary N) is 1. The van der Waals surface area contributed by atoms with Crippen LogP contribution in [0.25, 0.3) is 10.8 Å². The number of rotatable bonds is 4. The summed E-state index contributed by atoms with van der Waals surface area (Å²) in [5, 5.41) is 5.48. The molecule has 0 saturated heterocycles. The molecule has 0 radical (unpaired) electrons. The first-order valence-electron chi connectivity index (χ1n) is 8.69. The smallest absolute Gasteiger partial charge is 0.237 e. The highest BCUT2D eigenvalue weighted by Gasteiger charge is 2.19. The summed E-state index contributed by atoms with van der Waals surface area (Å²) in [6.07, 6.45) is 2.20. The van der Waals surface area contributed by atoms with E-state index in [1.165, 1.54) is 22.1 Å². The van der Waals surface area contributed by atoms with Crippen LogP contribution in [0.1, 0.15) is 23.6 Å². The van der Waals surface area contributed by atoms with Crippen molar-refractivity contribution in [3.63, 3.8) is 0 Å². The van der Waals surface area contributed by atoms with Crippen LogP contribution in [0.2, 0.25) is 0 Å². The Labute approximate surface area is 152 Å². The van der Waals surface area contributed by atoms with Crippen LogP contribution >= 0.6 is 11.8 Å². The largest absolute Gasteiger partial charge is 0.325 e. The summed E-state index contributed by atoms with van der Waals surface area (Å²) >= 11 is 1.59. The zero-order valence-electron chi connectivity index (χ0n) is 14.5. The van der Waals surface area contributed by atoms with Gasteiger partial charge in [0.1, 0.15) is 0 Å². The molecule has 0 fully saturated rings. The maximum absolute atomic E-state index is 12.7. The van der Waals surface area contributed by atoms with Gasteiger partial charge in [-0.3, -0.25) is 4.79 Å². The van der Waals surface area contributed by atoms with Gasteiger partial charge in [0.15, 0.2) is 0 Å². The van der Waals surface area contributed by atoms with Crippen molar-refractivity contribution in [2.45, 2.75) is 36.8 Å². The second-order valence-corrected chi connectivity index (χ2v) is 8.09. The molecule has 0 unspecified atom stereocenters. The minimum absolute atomic E-state index is 0.0456. The predicted octanol–water partition coefficient (Wildman–Crippen LogP) is 5.37. The lowest BCUT2D eigenvalue weighted by Crippen LogP contribution is -2.22. The normalized spacial score (nSPS) is 13.8. The van der Waals surface area contributed by atoms with Crippen molar-refractivity contribution in [2.75, 3.05) is 5.32 Å². The second-order valence-electron chi connectivity index (χ2n) is 6.67. The number of hydrogen-bond acceptors (Lipinski definition) is 2. The molecule has 1 aliphatic rings. The number of carbonyl (C=O) groups excluding carboxylic acids is 1. The molecule has 1 aliphatic carbocycles. The van der Waals surface area contributed by atoms with Crippen LogP contribution in [0, 0.1) is 6.92 Å². The zero-order chi connectivity index (χ0) is 17.4. The minimum atomic E-state index is -0.147. The maximum Gasteiger partial charge on any atom is 0.237 e. The van der Waals surface area contributed by atoms with E-state index in [4.69, 9.17) is 0 Å². The van der Waals surface area contributed by atoms with Gasteiger partial charge in [0.2, 0.25) is 5.91 Å². The number of carbonyl (C=O) groups is 1. The molecule has 0 saturated carbocycles. The van der Waals surface area contributed by atoms with Gasteiger partial charge in [-0.25, -0.2) is 0 Å². The molecule has 25 heavy (non-hydrogen) atoms. The summed E-state index contributed by atoms with van der Waals surface area (Å²) in [7, 11) is 0. The molecule has 1 atom stereocenters. The van der Waals surface area contributed by atoms with Crippen LogP contribution in [0.4, 0.5) is 5.69 Å². The molecule has 0 bridgehead atoms. The van der Waals surface area contributed by atoms with Gasteiger partial charge >= 0.3 is 0 Å². The average Bonchev–Trinajstić information content (AvgIpc) is 3.04. The summed E-state index contributed by atoms with van der Waals surface area (Å²) in [5.74, 6) is 0.0456. The first-order chi connectivity index (χ1) is 12.1. The van der Waals surface area contributed by atoms with Crippen molar-refractivity contribution < 1.29 is 4.79 Å². The number of benzene rings is 3. The van der Waals surface area contributed by atoms with E-state index < -0.39 is 0 Å². The molecule has 2 nitrogen and oxygen atoms in total. The molecule has 126 valence electrons. The lowest BCUT2D eigenvalue weighted by Gasteiger charge is -2.14. The Bertz CT molecular complexity index is 936. The minimum Gasteiger partial charge on any atom is -0.325 e. The highest BCUT2D eigenvalue weighted by Crippen LogP contribution is 2.35. The van der Waals surface area contributed by atoms with Crippen LogP contribution in [0.3, 0.4) is 0 Å². The van der Waals surface area contributed by atoms with Crippen molar-refractivity contribution >= 4 is 34.1 Å². The molecule has 0 spiro atoms. The van der Waals surface area contributed by atoms with Crippen molar-refractivity contribution in [1.29, 1.82) is 0 Å². The number of anilines is 1. The first kappa shape index (κ1) is 16.2.